The number of hydrogen-bond acceptors (Lipinski definition) is 4. The van der Waals surface area contributed by atoms with Gasteiger partial charge in [-0.25, -0.2) is 4.39 Å². The van der Waals surface area contributed by atoms with Crippen molar-refractivity contribution in [3.05, 3.63) is 52.3 Å². The molecular weight excluding hydrogens is 361 g/mol. The van der Waals surface area contributed by atoms with Crippen molar-refractivity contribution in [2.75, 3.05) is 25.7 Å². The van der Waals surface area contributed by atoms with E-state index in [1.54, 1.807) is 32.2 Å². The third-order valence-corrected chi connectivity index (χ3v) is 4.80. The summed E-state index contributed by atoms with van der Waals surface area (Å²) in [6, 6.07) is 7.45. The van der Waals surface area contributed by atoms with Gasteiger partial charge in [-0.05, 0) is 23.8 Å². The molecule has 0 N–H and O–H groups in total. The van der Waals surface area contributed by atoms with Gasteiger partial charge in [0.05, 0.1) is 18.4 Å². The minimum absolute atomic E-state index is 0.117. The summed E-state index contributed by atoms with van der Waals surface area (Å²) in [5, 5.41) is 0.360. The molecule has 0 radical (unpaired) electrons. The number of rotatable bonds is 4. The van der Waals surface area contributed by atoms with Gasteiger partial charge in [0, 0.05) is 24.1 Å². The van der Waals surface area contributed by atoms with Crippen LogP contribution in [0.15, 0.2) is 30.3 Å². The molecule has 0 saturated carbocycles. The smallest absolute Gasteiger partial charge is 0.264 e. The Morgan fingerprint density at radius 3 is 2.73 bits per heavy atom. The van der Waals surface area contributed by atoms with Crippen molar-refractivity contribution in [1.29, 1.82) is 0 Å². The van der Waals surface area contributed by atoms with E-state index in [9.17, 15) is 14.0 Å². The van der Waals surface area contributed by atoms with Crippen LogP contribution in [0.2, 0.25) is 5.02 Å². The van der Waals surface area contributed by atoms with E-state index in [-0.39, 0.29) is 23.8 Å². The van der Waals surface area contributed by atoms with Crippen LogP contribution >= 0.6 is 11.6 Å². The number of ether oxygens (including phenoxy) is 2. The lowest BCUT2D eigenvalue weighted by Crippen LogP contribution is -2.35. The quantitative estimate of drug-likeness (QED) is 0.760. The Hall–Kier alpha value is -2.60. The van der Waals surface area contributed by atoms with E-state index in [4.69, 9.17) is 21.1 Å². The van der Waals surface area contributed by atoms with E-state index < -0.39 is 17.5 Å². The SMILES string of the molecule is COc1ccc(C(C)C(=O)c2cc3c(cc2F)OCC(=O)N3C)c(Cl)c1. The molecule has 136 valence electrons. The zero-order valence-corrected chi connectivity index (χ0v) is 15.3. The lowest BCUT2D eigenvalue weighted by molar-refractivity contribution is -0.121. The first kappa shape index (κ1) is 18.2. The number of ketones is 1. The number of amides is 1. The highest BCUT2D eigenvalue weighted by atomic mass is 35.5. The van der Waals surface area contributed by atoms with Crippen molar-refractivity contribution in [3.63, 3.8) is 0 Å². The standard InChI is InChI=1S/C19H17ClFNO4/c1-10(12-5-4-11(25-3)6-14(12)20)19(24)13-7-16-17(8-15(13)21)26-9-18(23)22(16)2/h4-8,10H,9H2,1-3H3. The molecule has 0 bridgehead atoms. The number of fused-ring (bicyclic) bond motifs is 1. The van der Waals surface area contributed by atoms with Crippen LogP contribution in [0.5, 0.6) is 11.5 Å². The summed E-state index contributed by atoms with van der Waals surface area (Å²) in [5.41, 5.74) is 0.808. The molecule has 0 spiro atoms. The summed E-state index contributed by atoms with van der Waals surface area (Å²) in [5.74, 6) is -1.29. The number of halogens is 2. The second-order valence-corrected chi connectivity index (χ2v) is 6.42. The fourth-order valence-corrected chi connectivity index (χ4v) is 3.18. The molecule has 1 atom stereocenters. The van der Waals surface area contributed by atoms with Crippen LogP contribution in [0.25, 0.3) is 0 Å². The molecule has 1 amide bonds. The van der Waals surface area contributed by atoms with Crippen molar-refractivity contribution >= 4 is 29.0 Å². The zero-order valence-electron chi connectivity index (χ0n) is 14.5. The Labute approximate surface area is 155 Å². The van der Waals surface area contributed by atoms with E-state index in [0.29, 0.717) is 22.0 Å². The number of anilines is 1. The number of hydrogen-bond donors (Lipinski definition) is 0. The molecule has 0 saturated heterocycles. The largest absolute Gasteiger partial charge is 0.497 e. The average molecular weight is 378 g/mol. The molecule has 3 rings (SSSR count). The molecule has 0 aromatic heterocycles. The summed E-state index contributed by atoms with van der Waals surface area (Å²) >= 11 is 6.23. The Morgan fingerprint density at radius 2 is 2.08 bits per heavy atom. The minimum atomic E-state index is -0.701. The van der Waals surface area contributed by atoms with E-state index in [2.05, 4.69) is 0 Å². The highest BCUT2D eigenvalue weighted by Crippen LogP contribution is 2.36. The van der Waals surface area contributed by atoms with Crippen LogP contribution in [0.3, 0.4) is 0 Å². The van der Waals surface area contributed by atoms with Crippen LogP contribution in [0, 0.1) is 5.82 Å². The second-order valence-electron chi connectivity index (χ2n) is 6.01. The van der Waals surface area contributed by atoms with Gasteiger partial charge in [0.25, 0.3) is 5.91 Å². The predicted octanol–water partition coefficient (Wildman–Crippen LogP) is 3.83. The number of nitrogens with zero attached hydrogens (tertiary/aromatic N) is 1. The van der Waals surface area contributed by atoms with Gasteiger partial charge < -0.3 is 14.4 Å². The fraction of sp³-hybridized carbons (Fsp3) is 0.263. The van der Waals surface area contributed by atoms with Crippen molar-refractivity contribution in [2.24, 2.45) is 0 Å². The Bertz CT molecular complexity index is 899. The summed E-state index contributed by atoms with van der Waals surface area (Å²) < 4.78 is 24.8. The molecular formula is C19H17ClFNO4. The van der Waals surface area contributed by atoms with Gasteiger partial charge in [-0.1, -0.05) is 24.6 Å². The van der Waals surface area contributed by atoms with Crippen LogP contribution in [0.4, 0.5) is 10.1 Å². The lowest BCUT2D eigenvalue weighted by atomic mass is 9.91. The lowest BCUT2D eigenvalue weighted by Gasteiger charge is -2.26. The van der Waals surface area contributed by atoms with Crippen LogP contribution in [-0.2, 0) is 4.79 Å². The van der Waals surface area contributed by atoms with E-state index >= 15 is 0 Å². The van der Waals surface area contributed by atoms with Crippen molar-refractivity contribution < 1.29 is 23.5 Å². The van der Waals surface area contributed by atoms with Crippen molar-refractivity contribution in [3.8, 4) is 11.5 Å². The molecule has 7 heteroatoms. The molecule has 2 aromatic carbocycles. The topological polar surface area (TPSA) is 55.8 Å². The number of carbonyl (C=O) groups excluding carboxylic acids is 2. The Balaban J connectivity index is 1.98. The first-order chi connectivity index (χ1) is 12.3. The fourth-order valence-electron chi connectivity index (χ4n) is 2.84. The molecule has 1 heterocycles. The number of likely N-dealkylation sites (N-methyl/N-ethyl adjacent to an activating group) is 1. The van der Waals surface area contributed by atoms with Crippen LogP contribution in [-0.4, -0.2) is 32.5 Å². The minimum Gasteiger partial charge on any atom is -0.497 e. The van der Waals surface area contributed by atoms with Crippen LogP contribution in [0.1, 0.15) is 28.8 Å². The molecule has 5 nitrogen and oxygen atoms in total. The van der Waals surface area contributed by atoms with Crippen LogP contribution < -0.4 is 14.4 Å². The van der Waals surface area contributed by atoms with Gasteiger partial charge >= 0.3 is 0 Å². The summed E-state index contributed by atoms with van der Waals surface area (Å²) in [6.07, 6.45) is 0. The van der Waals surface area contributed by atoms with Gasteiger partial charge in [0.2, 0.25) is 0 Å². The number of Topliss-reactive ketones (excluding diaryl/α,β-unsaturated/α-hetero) is 1. The molecule has 0 fully saturated rings. The first-order valence-corrected chi connectivity index (χ1v) is 8.31. The van der Waals surface area contributed by atoms with Gasteiger partial charge in [-0.3, -0.25) is 9.59 Å². The summed E-state index contributed by atoms with van der Waals surface area (Å²) in [4.78, 5) is 26.0. The molecule has 2 aromatic rings. The monoisotopic (exact) mass is 377 g/mol. The van der Waals surface area contributed by atoms with Gasteiger partial charge in [0.15, 0.2) is 12.4 Å². The maximum absolute atomic E-state index is 14.5. The molecule has 1 aliphatic heterocycles. The van der Waals surface area contributed by atoms with Gasteiger partial charge in [-0.15, -0.1) is 0 Å². The van der Waals surface area contributed by atoms with Crippen molar-refractivity contribution in [1.82, 2.24) is 0 Å². The summed E-state index contributed by atoms with van der Waals surface area (Å²) in [7, 11) is 3.07. The number of benzene rings is 2. The Kier molecular flexibility index (Phi) is 4.87. The number of carbonyl (C=O) groups is 2. The molecule has 26 heavy (non-hydrogen) atoms. The highest BCUT2D eigenvalue weighted by molar-refractivity contribution is 6.32. The van der Waals surface area contributed by atoms with E-state index in [0.717, 1.165) is 6.07 Å². The average Bonchev–Trinajstić information content (AvgIpc) is 2.63. The zero-order chi connectivity index (χ0) is 19.0. The Morgan fingerprint density at radius 1 is 1.35 bits per heavy atom. The number of methoxy groups -OCH3 is 1. The summed E-state index contributed by atoms with van der Waals surface area (Å²) in [6.45, 7) is 1.49. The predicted molar refractivity (Wildman–Crippen MR) is 96.1 cm³/mol. The second kappa shape index (κ2) is 6.96. The third kappa shape index (κ3) is 3.12. The van der Waals surface area contributed by atoms with Crippen molar-refractivity contribution in [2.45, 2.75) is 12.8 Å². The maximum Gasteiger partial charge on any atom is 0.264 e. The van der Waals surface area contributed by atoms with E-state index in [1.165, 1.54) is 18.1 Å². The third-order valence-electron chi connectivity index (χ3n) is 4.47. The molecule has 1 aliphatic rings. The normalized spacial score (nSPS) is 14.5. The van der Waals surface area contributed by atoms with Gasteiger partial charge in [-0.2, -0.15) is 0 Å². The first-order valence-electron chi connectivity index (χ1n) is 7.94. The molecule has 1 unspecified atom stereocenters. The van der Waals surface area contributed by atoms with E-state index in [1.807, 2.05) is 0 Å². The van der Waals surface area contributed by atoms with Gasteiger partial charge in [0.1, 0.15) is 17.3 Å². The highest BCUT2D eigenvalue weighted by Gasteiger charge is 2.28. The maximum atomic E-state index is 14.5. The molecule has 0 aliphatic carbocycles.